The number of benzene rings is 2. The van der Waals surface area contributed by atoms with Gasteiger partial charge in [0.2, 0.25) is 15.9 Å². The Kier molecular flexibility index (Phi) is 6.83. The molecule has 0 amide bonds. The number of sulfonamides is 1. The number of aromatic nitrogens is 2. The molecular formula is C24H27N3O6S. The first-order valence-corrected chi connectivity index (χ1v) is 12.4. The fourth-order valence-corrected chi connectivity index (χ4v) is 5.32. The van der Waals surface area contributed by atoms with E-state index in [4.69, 9.17) is 13.9 Å². The van der Waals surface area contributed by atoms with Crippen molar-refractivity contribution >= 4 is 16.0 Å². The molecule has 1 saturated heterocycles. The van der Waals surface area contributed by atoms with E-state index in [0.717, 1.165) is 11.1 Å². The first-order chi connectivity index (χ1) is 16.1. The number of hydrogen-bond acceptors (Lipinski definition) is 8. The second kappa shape index (κ2) is 9.65. The molecule has 0 saturated carbocycles. The maximum atomic E-state index is 13.0. The van der Waals surface area contributed by atoms with Crippen LogP contribution in [-0.2, 0) is 19.5 Å². The molecule has 2 heterocycles. The molecule has 1 aromatic heterocycles. The fraction of sp³-hybridized carbons (Fsp3) is 0.375. The molecule has 3 aromatic rings. The minimum Gasteiger partial charge on any atom is -0.449 e. The number of nitrogens with zero attached hydrogens (tertiary/aromatic N) is 3. The van der Waals surface area contributed by atoms with Gasteiger partial charge in [-0.3, -0.25) is 0 Å². The van der Waals surface area contributed by atoms with Crippen molar-refractivity contribution in [1.82, 2.24) is 14.5 Å². The van der Waals surface area contributed by atoms with E-state index < -0.39 is 22.1 Å². The molecule has 3 atom stereocenters. The highest BCUT2D eigenvalue weighted by atomic mass is 32.2. The summed E-state index contributed by atoms with van der Waals surface area (Å²) in [5.41, 5.74) is 2.09. The molecule has 0 bridgehead atoms. The monoisotopic (exact) mass is 485 g/mol. The fourth-order valence-electron chi connectivity index (χ4n) is 3.73. The second-order valence-electron chi connectivity index (χ2n) is 8.46. The predicted molar refractivity (Wildman–Crippen MR) is 124 cm³/mol. The lowest BCUT2D eigenvalue weighted by Gasteiger charge is -2.34. The van der Waals surface area contributed by atoms with Gasteiger partial charge >= 0.3 is 5.97 Å². The van der Waals surface area contributed by atoms with Gasteiger partial charge in [0.05, 0.1) is 22.7 Å². The van der Waals surface area contributed by atoms with Crippen molar-refractivity contribution in [3.63, 3.8) is 0 Å². The van der Waals surface area contributed by atoms with E-state index >= 15 is 0 Å². The van der Waals surface area contributed by atoms with Gasteiger partial charge in [0, 0.05) is 18.7 Å². The van der Waals surface area contributed by atoms with Crippen LogP contribution in [0, 0.1) is 6.92 Å². The van der Waals surface area contributed by atoms with Crippen molar-refractivity contribution in [3.8, 4) is 11.5 Å². The zero-order valence-electron chi connectivity index (χ0n) is 19.5. The van der Waals surface area contributed by atoms with Gasteiger partial charge in [0.25, 0.3) is 5.89 Å². The molecule has 0 aliphatic carbocycles. The van der Waals surface area contributed by atoms with Crippen molar-refractivity contribution in [3.05, 3.63) is 65.5 Å². The quantitative estimate of drug-likeness (QED) is 0.485. The Balaban J connectivity index is 1.42. The molecule has 2 aromatic carbocycles. The van der Waals surface area contributed by atoms with Crippen LogP contribution in [0.3, 0.4) is 0 Å². The molecule has 1 aliphatic rings. The highest BCUT2D eigenvalue weighted by molar-refractivity contribution is 7.89. The summed E-state index contributed by atoms with van der Waals surface area (Å²) in [7, 11) is -3.69. The van der Waals surface area contributed by atoms with Crippen LogP contribution in [0.15, 0.2) is 57.8 Å². The molecule has 10 heteroatoms. The van der Waals surface area contributed by atoms with Crippen molar-refractivity contribution in [1.29, 1.82) is 0 Å². The van der Waals surface area contributed by atoms with E-state index in [1.807, 2.05) is 45.0 Å². The molecule has 1 fully saturated rings. The second-order valence-corrected chi connectivity index (χ2v) is 10.4. The van der Waals surface area contributed by atoms with Crippen LogP contribution >= 0.6 is 0 Å². The van der Waals surface area contributed by atoms with Gasteiger partial charge in [-0.25, -0.2) is 13.2 Å². The highest BCUT2D eigenvalue weighted by Gasteiger charge is 2.32. The number of hydrogen-bond donors (Lipinski definition) is 0. The third-order valence-electron chi connectivity index (χ3n) is 5.48. The SMILES string of the molecule is Cc1ccc(-c2nnc(C(C)OC(=O)c3ccc(S(=O)(=O)N4CC(C)OC(C)C4)cc3)o2)cc1. The molecule has 34 heavy (non-hydrogen) atoms. The van der Waals surface area contributed by atoms with Gasteiger partial charge in [-0.1, -0.05) is 17.7 Å². The summed E-state index contributed by atoms with van der Waals surface area (Å²) in [6.07, 6.45) is -1.16. The molecular weight excluding hydrogens is 458 g/mol. The average molecular weight is 486 g/mol. The standard InChI is InChI=1S/C24H27N3O6S/c1-15-5-7-19(8-6-15)23-26-25-22(33-23)18(4)32-24(28)20-9-11-21(12-10-20)34(29,30)27-13-16(2)31-17(3)14-27/h5-12,16-18H,13-14H2,1-4H3. The van der Waals surface area contributed by atoms with Crippen LogP contribution in [0.25, 0.3) is 11.5 Å². The Morgan fingerprint density at radius 2 is 1.65 bits per heavy atom. The van der Waals surface area contributed by atoms with Crippen molar-refractivity contribution in [2.45, 2.75) is 50.9 Å². The summed E-state index contributed by atoms with van der Waals surface area (Å²) in [5, 5.41) is 8.01. The van der Waals surface area contributed by atoms with E-state index in [1.54, 1.807) is 6.92 Å². The molecule has 9 nitrogen and oxygen atoms in total. The van der Waals surface area contributed by atoms with Crippen LogP contribution in [0.1, 0.15) is 48.7 Å². The molecule has 4 rings (SSSR count). The Bertz CT molecular complexity index is 1240. The van der Waals surface area contributed by atoms with E-state index in [1.165, 1.54) is 28.6 Å². The van der Waals surface area contributed by atoms with E-state index in [0.29, 0.717) is 5.89 Å². The minimum atomic E-state index is -3.69. The average Bonchev–Trinajstić information content (AvgIpc) is 3.29. The largest absolute Gasteiger partial charge is 0.449 e. The zero-order valence-corrected chi connectivity index (χ0v) is 20.3. The van der Waals surface area contributed by atoms with Crippen LogP contribution in [0.4, 0.5) is 0 Å². The van der Waals surface area contributed by atoms with Gasteiger partial charge in [-0.2, -0.15) is 4.31 Å². The van der Waals surface area contributed by atoms with Gasteiger partial charge in [0.1, 0.15) is 0 Å². The van der Waals surface area contributed by atoms with E-state index in [-0.39, 0.29) is 41.6 Å². The Labute approximate surface area is 198 Å². The summed E-state index contributed by atoms with van der Waals surface area (Å²) in [6, 6.07) is 13.3. The summed E-state index contributed by atoms with van der Waals surface area (Å²) < 4.78 is 44.1. The number of morpholine rings is 1. The lowest BCUT2D eigenvalue weighted by Crippen LogP contribution is -2.48. The minimum absolute atomic E-state index is 0.109. The van der Waals surface area contributed by atoms with Crippen LogP contribution < -0.4 is 0 Å². The molecule has 0 spiro atoms. The summed E-state index contributed by atoms with van der Waals surface area (Å²) in [5.74, 6) is -0.127. The maximum Gasteiger partial charge on any atom is 0.338 e. The molecule has 0 N–H and O–H groups in total. The molecule has 1 aliphatic heterocycles. The summed E-state index contributed by atoms with van der Waals surface area (Å²) in [4.78, 5) is 12.7. The molecule has 3 unspecified atom stereocenters. The van der Waals surface area contributed by atoms with Crippen LogP contribution in [0.2, 0.25) is 0 Å². The Morgan fingerprint density at radius 1 is 1.03 bits per heavy atom. The first kappa shape index (κ1) is 24.1. The third-order valence-corrected chi connectivity index (χ3v) is 7.33. The number of aryl methyl sites for hydroxylation is 1. The third kappa shape index (κ3) is 5.19. The number of rotatable bonds is 6. The Morgan fingerprint density at radius 3 is 2.26 bits per heavy atom. The van der Waals surface area contributed by atoms with Crippen molar-refractivity contribution < 1.29 is 27.1 Å². The molecule has 180 valence electrons. The summed E-state index contributed by atoms with van der Waals surface area (Å²) in [6.45, 7) is 7.85. The van der Waals surface area contributed by atoms with Gasteiger partial charge in [0.15, 0.2) is 6.10 Å². The number of carbonyl (C=O) groups is 1. The first-order valence-electron chi connectivity index (χ1n) is 11.0. The number of esters is 1. The Hall–Kier alpha value is -3.08. The van der Waals surface area contributed by atoms with Gasteiger partial charge in [-0.05, 0) is 64.1 Å². The van der Waals surface area contributed by atoms with E-state index in [2.05, 4.69) is 10.2 Å². The van der Waals surface area contributed by atoms with Crippen LogP contribution in [-0.4, -0.2) is 54.2 Å². The summed E-state index contributed by atoms with van der Waals surface area (Å²) >= 11 is 0. The van der Waals surface area contributed by atoms with E-state index in [9.17, 15) is 13.2 Å². The van der Waals surface area contributed by atoms with Crippen molar-refractivity contribution in [2.75, 3.05) is 13.1 Å². The topological polar surface area (TPSA) is 112 Å². The predicted octanol–water partition coefficient (Wildman–Crippen LogP) is 3.76. The van der Waals surface area contributed by atoms with Crippen molar-refractivity contribution in [2.24, 2.45) is 0 Å². The smallest absolute Gasteiger partial charge is 0.338 e. The number of carbonyl (C=O) groups excluding carboxylic acids is 1. The van der Waals surface area contributed by atoms with Gasteiger partial charge < -0.3 is 13.9 Å². The number of ether oxygens (including phenoxy) is 2. The highest BCUT2D eigenvalue weighted by Crippen LogP contribution is 2.25. The van der Waals surface area contributed by atoms with Gasteiger partial charge in [-0.15, -0.1) is 10.2 Å². The lowest BCUT2D eigenvalue weighted by atomic mass is 10.1. The maximum absolute atomic E-state index is 13.0. The normalized spacial score (nSPS) is 20.1. The lowest BCUT2D eigenvalue weighted by molar-refractivity contribution is -0.0440. The van der Waals surface area contributed by atoms with Crippen LogP contribution in [0.5, 0.6) is 0 Å². The molecule has 0 radical (unpaired) electrons. The zero-order chi connectivity index (χ0) is 24.5.